The van der Waals surface area contributed by atoms with Crippen molar-refractivity contribution in [3.8, 4) is 0 Å². The summed E-state index contributed by atoms with van der Waals surface area (Å²) in [5.41, 5.74) is 1.15. The van der Waals surface area contributed by atoms with Crippen molar-refractivity contribution in [2.75, 3.05) is 0 Å². The zero-order valence-electron chi connectivity index (χ0n) is 9.08. The summed E-state index contributed by atoms with van der Waals surface area (Å²) in [4.78, 5) is 11.5. The van der Waals surface area contributed by atoms with Crippen molar-refractivity contribution in [3.05, 3.63) is 41.7 Å². The third-order valence-corrected chi connectivity index (χ3v) is 2.78. The normalized spacial score (nSPS) is 18.6. The molecule has 2 aromatic rings. The molecule has 1 amide bonds. The van der Waals surface area contributed by atoms with Crippen LogP contribution in [0.15, 0.2) is 30.3 Å². The molecular formula is C11H11N5O. The first-order valence-electron chi connectivity index (χ1n) is 5.42. The smallest absolute Gasteiger partial charge is 0.242 e. The molecule has 0 saturated carbocycles. The minimum Gasteiger partial charge on any atom is -0.344 e. The van der Waals surface area contributed by atoms with Crippen molar-refractivity contribution in [2.45, 2.75) is 19.0 Å². The highest BCUT2D eigenvalue weighted by atomic mass is 16.2. The van der Waals surface area contributed by atoms with E-state index in [1.54, 1.807) is 4.68 Å². The highest BCUT2D eigenvalue weighted by Gasteiger charge is 2.27. The summed E-state index contributed by atoms with van der Waals surface area (Å²) in [7, 11) is 0. The van der Waals surface area contributed by atoms with Crippen LogP contribution < -0.4 is 5.32 Å². The molecule has 2 heterocycles. The van der Waals surface area contributed by atoms with E-state index in [9.17, 15) is 4.79 Å². The number of fused-ring (bicyclic) bond motifs is 1. The Morgan fingerprint density at radius 3 is 3.00 bits per heavy atom. The Hall–Kier alpha value is -2.24. The number of nitrogens with zero attached hydrogens (tertiary/aromatic N) is 4. The van der Waals surface area contributed by atoms with E-state index in [1.165, 1.54) is 0 Å². The Labute approximate surface area is 97.6 Å². The lowest BCUT2D eigenvalue weighted by atomic mass is 10.0. The second-order valence-electron chi connectivity index (χ2n) is 4.00. The quantitative estimate of drug-likeness (QED) is 0.792. The van der Waals surface area contributed by atoms with Crippen molar-refractivity contribution in [1.29, 1.82) is 0 Å². The number of amides is 1. The molecule has 1 atom stereocenters. The third kappa shape index (κ3) is 1.89. The fraction of sp³-hybridized carbons (Fsp3) is 0.273. The van der Waals surface area contributed by atoms with Crippen LogP contribution in [-0.2, 0) is 17.8 Å². The maximum absolute atomic E-state index is 11.5. The summed E-state index contributed by atoms with van der Waals surface area (Å²) in [6, 6.07) is 9.82. The van der Waals surface area contributed by atoms with Gasteiger partial charge < -0.3 is 5.32 Å². The number of nitrogens with one attached hydrogen (secondary N) is 1. The standard InChI is InChI=1S/C11H11N5O/c17-10-7-16-11(13-14-15-16)9(12-10)6-8-4-2-1-3-5-8/h1-5,9H,6-7H2,(H,12,17)/t9-/m0/s1. The minimum atomic E-state index is -0.145. The number of tetrazole rings is 1. The summed E-state index contributed by atoms with van der Waals surface area (Å²) >= 11 is 0. The van der Waals surface area contributed by atoms with Gasteiger partial charge in [0.2, 0.25) is 5.91 Å². The molecule has 86 valence electrons. The summed E-state index contributed by atoms with van der Waals surface area (Å²) in [5.74, 6) is 0.666. The number of carbonyl (C=O) groups excluding carboxylic acids is 1. The molecule has 1 N–H and O–H groups in total. The molecule has 0 bridgehead atoms. The molecule has 1 aliphatic rings. The van der Waals surface area contributed by atoms with E-state index in [1.807, 2.05) is 30.3 Å². The van der Waals surface area contributed by atoms with E-state index in [2.05, 4.69) is 20.8 Å². The molecule has 0 fully saturated rings. The van der Waals surface area contributed by atoms with E-state index in [0.717, 1.165) is 5.56 Å². The van der Waals surface area contributed by atoms with Crippen LogP contribution in [0.1, 0.15) is 17.4 Å². The molecule has 0 aliphatic carbocycles. The summed E-state index contributed by atoms with van der Waals surface area (Å²) in [6.45, 7) is 0.202. The van der Waals surface area contributed by atoms with Gasteiger partial charge in [0.25, 0.3) is 0 Å². The van der Waals surface area contributed by atoms with Gasteiger partial charge in [-0.1, -0.05) is 30.3 Å². The Morgan fingerprint density at radius 2 is 2.18 bits per heavy atom. The monoisotopic (exact) mass is 229 g/mol. The zero-order valence-corrected chi connectivity index (χ0v) is 9.08. The van der Waals surface area contributed by atoms with Crippen molar-refractivity contribution in [2.24, 2.45) is 0 Å². The van der Waals surface area contributed by atoms with Crippen LogP contribution in [-0.4, -0.2) is 26.1 Å². The zero-order chi connectivity index (χ0) is 11.7. The number of aromatic nitrogens is 4. The van der Waals surface area contributed by atoms with Crippen molar-refractivity contribution in [1.82, 2.24) is 25.5 Å². The fourth-order valence-corrected chi connectivity index (χ4v) is 2.01. The van der Waals surface area contributed by atoms with Crippen LogP contribution in [0.2, 0.25) is 0 Å². The number of hydrogen-bond acceptors (Lipinski definition) is 4. The van der Waals surface area contributed by atoms with Gasteiger partial charge in [0.1, 0.15) is 6.54 Å². The molecule has 3 rings (SSSR count). The SMILES string of the molecule is O=C1Cn2nnnc2[C@H](Cc2ccccc2)N1. The van der Waals surface area contributed by atoms with E-state index in [4.69, 9.17) is 0 Å². The molecule has 0 saturated heterocycles. The lowest BCUT2D eigenvalue weighted by Gasteiger charge is -2.22. The molecule has 0 spiro atoms. The van der Waals surface area contributed by atoms with Gasteiger partial charge in [0.05, 0.1) is 6.04 Å². The first kappa shape index (κ1) is 9.95. The Kier molecular flexibility index (Phi) is 2.32. The molecule has 1 aliphatic heterocycles. The average Bonchev–Trinajstić information content (AvgIpc) is 2.78. The molecule has 1 aromatic carbocycles. The number of hydrogen-bond donors (Lipinski definition) is 1. The Morgan fingerprint density at radius 1 is 1.35 bits per heavy atom. The third-order valence-electron chi connectivity index (χ3n) is 2.78. The largest absolute Gasteiger partial charge is 0.344 e. The van der Waals surface area contributed by atoms with E-state index >= 15 is 0 Å². The van der Waals surface area contributed by atoms with Gasteiger partial charge in [0.15, 0.2) is 5.82 Å². The number of carbonyl (C=O) groups is 1. The second kappa shape index (κ2) is 3.97. The lowest BCUT2D eigenvalue weighted by Crippen LogP contribution is -2.40. The first-order valence-corrected chi connectivity index (χ1v) is 5.42. The van der Waals surface area contributed by atoms with Crippen LogP contribution in [0.3, 0.4) is 0 Å². The van der Waals surface area contributed by atoms with Gasteiger partial charge >= 0.3 is 0 Å². The molecule has 6 nitrogen and oxygen atoms in total. The van der Waals surface area contributed by atoms with Crippen molar-refractivity contribution < 1.29 is 4.79 Å². The topological polar surface area (TPSA) is 72.7 Å². The lowest BCUT2D eigenvalue weighted by molar-refractivity contribution is -0.123. The van der Waals surface area contributed by atoms with Gasteiger partial charge in [0, 0.05) is 6.42 Å². The summed E-state index contributed by atoms with van der Waals surface area (Å²) < 4.78 is 1.55. The van der Waals surface area contributed by atoms with Crippen LogP contribution in [0.5, 0.6) is 0 Å². The van der Waals surface area contributed by atoms with Gasteiger partial charge in [-0.3, -0.25) is 4.79 Å². The predicted octanol–water partition coefficient (Wildman–Crippen LogP) is 0.0867. The van der Waals surface area contributed by atoms with Gasteiger partial charge in [-0.2, -0.15) is 0 Å². The van der Waals surface area contributed by atoms with Crippen LogP contribution in [0, 0.1) is 0 Å². The maximum Gasteiger partial charge on any atom is 0.242 e. The Bertz CT molecular complexity index is 536. The highest BCUT2D eigenvalue weighted by Crippen LogP contribution is 2.18. The number of benzene rings is 1. The maximum atomic E-state index is 11.5. The minimum absolute atomic E-state index is 0.0502. The molecule has 6 heteroatoms. The second-order valence-corrected chi connectivity index (χ2v) is 4.00. The van der Waals surface area contributed by atoms with Crippen LogP contribution in [0.4, 0.5) is 0 Å². The highest BCUT2D eigenvalue weighted by molar-refractivity contribution is 5.77. The fourth-order valence-electron chi connectivity index (χ4n) is 2.01. The van der Waals surface area contributed by atoms with Gasteiger partial charge in [-0.25, -0.2) is 4.68 Å². The average molecular weight is 229 g/mol. The molecular weight excluding hydrogens is 218 g/mol. The van der Waals surface area contributed by atoms with Gasteiger partial charge in [-0.05, 0) is 16.0 Å². The summed E-state index contributed by atoms with van der Waals surface area (Å²) in [5, 5.41) is 14.3. The first-order chi connectivity index (χ1) is 8.33. The molecule has 1 aromatic heterocycles. The van der Waals surface area contributed by atoms with E-state index < -0.39 is 0 Å². The number of rotatable bonds is 2. The molecule has 17 heavy (non-hydrogen) atoms. The predicted molar refractivity (Wildman–Crippen MR) is 58.8 cm³/mol. The van der Waals surface area contributed by atoms with Crippen LogP contribution in [0.25, 0.3) is 0 Å². The molecule has 0 radical (unpaired) electrons. The summed E-state index contributed by atoms with van der Waals surface area (Å²) in [6.07, 6.45) is 0.701. The Balaban J connectivity index is 1.88. The van der Waals surface area contributed by atoms with Crippen molar-refractivity contribution >= 4 is 5.91 Å². The van der Waals surface area contributed by atoms with Crippen molar-refractivity contribution in [3.63, 3.8) is 0 Å². The van der Waals surface area contributed by atoms with E-state index in [-0.39, 0.29) is 18.5 Å². The van der Waals surface area contributed by atoms with Crippen LogP contribution >= 0.6 is 0 Å². The molecule has 0 unspecified atom stereocenters. The van der Waals surface area contributed by atoms with E-state index in [0.29, 0.717) is 12.2 Å². The van der Waals surface area contributed by atoms with Gasteiger partial charge in [-0.15, -0.1) is 5.10 Å².